The molecule has 2 rings (SSSR count). The number of nitrogens with zero attached hydrogens (tertiary/aromatic N) is 1. The molecule has 1 aliphatic rings. The summed E-state index contributed by atoms with van der Waals surface area (Å²) in [5, 5.41) is -0.458. The highest BCUT2D eigenvalue weighted by Gasteiger charge is 2.62. The van der Waals surface area contributed by atoms with Gasteiger partial charge in [0.15, 0.2) is 5.17 Å². The zero-order valence-electron chi connectivity index (χ0n) is 13.8. The van der Waals surface area contributed by atoms with Gasteiger partial charge in [0, 0.05) is 0 Å². The topological polar surface area (TPSA) is 70.6 Å². The zero-order valence-corrected chi connectivity index (χ0v) is 15.4. The fourth-order valence-electron chi connectivity index (χ4n) is 2.41. The van der Waals surface area contributed by atoms with E-state index in [9.17, 15) is 22.2 Å². The molecule has 0 saturated heterocycles. The van der Waals surface area contributed by atoms with Crippen LogP contribution >= 0.6 is 12.2 Å². The van der Waals surface area contributed by atoms with Crippen molar-refractivity contribution in [1.29, 1.82) is 0 Å². The number of aliphatic imine (C=N–C) groups is 1. The van der Waals surface area contributed by atoms with Gasteiger partial charge in [0.2, 0.25) is 0 Å². The maximum atomic E-state index is 13.9. The number of alkyl halides is 3. The molecule has 0 aromatic heterocycles. The maximum Gasteiger partial charge on any atom is 0.463 e. The van der Waals surface area contributed by atoms with Gasteiger partial charge >= 0.3 is 11.3 Å². The first-order chi connectivity index (χ1) is 11.3. The van der Waals surface area contributed by atoms with Crippen molar-refractivity contribution in [3.05, 3.63) is 35.9 Å². The summed E-state index contributed by atoms with van der Waals surface area (Å²) >= 11 is 5.08. The molecule has 1 heterocycles. The molecule has 0 aliphatic carbocycles. The second-order valence-electron chi connectivity index (χ2n) is 6.16. The quantitative estimate of drug-likeness (QED) is 0.773. The molecule has 0 atom stereocenters. The minimum Gasteiger partial charge on any atom is -0.325 e. The van der Waals surface area contributed by atoms with E-state index in [0.29, 0.717) is 5.56 Å². The summed E-state index contributed by atoms with van der Waals surface area (Å²) in [6.07, 6.45) is -5.32. The van der Waals surface area contributed by atoms with Crippen LogP contribution in [0.4, 0.5) is 13.2 Å². The van der Waals surface area contributed by atoms with Crippen molar-refractivity contribution in [2.75, 3.05) is 7.05 Å². The van der Waals surface area contributed by atoms with Crippen LogP contribution in [-0.4, -0.2) is 38.2 Å². The number of hydrogen-bond acceptors (Lipinski definition) is 4. The molecule has 0 amide bonds. The van der Waals surface area contributed by atoms with E-state index in [0.717, 1.165) is 7.05 Å². The van der Waals surface area contributed by atoms with Gasteiger partial charge in [-0.1, -0.05) is 42.5 Å². The van der Waals surface area contributed by atoms with Gasteiger partial charge < -0.3 is 5.32 Å². The lowest BCUT2D eigenvalue weighted by atomic mass is 10.1. The molecule has 25 heavy (non-hydrogen) atoms. The Morgan fingerprint density at radius 1 is 1.32 bits per heavy atom. The predicted octanol–water partition coefficient (Wildman–Crippen LogP) is 2.30. The summed E-state index contributed by atoms with van der Waals surface area (Å²) in [5.74, 6) is -0.683. The molecule has 0 bridgehead atoms. The third-order valence-corrected chi connectivity index (χ3v) is 8.28. The van der Waals surface area contributed by atoms with Crippen LogP contribution in [0.1, 0.15) is 19.4 Å². The molecule has 1 aromatic rings. The van der Waals surface area contributed by atoms with Crippen molar-refractivity contribution in [3.8, 4) is 0 Å². The summed E-state index contributed by atoms with van der Waals surface area (Å²) in [5.41, 5.74) is -0.766. The number of carbonyl (C=O) groups is 1. The minimum atomic E-state index is -5.35. The number of thiocarbonyl (C=S) groups is 1. The Labute approximate surface area is 148 Å². The summed E-state index contributed by atoms with van der Waals surface area (Å²) in [7, 11) is -4.29. The number of amidine groups is 1. The Morgan fingerprint density at radius 3 is 2.28 bits per heavy atom. The average molecular weight is 393 g/mol. The van der Waals surface area contributed by atoms with Gasteiger partial charge in [-0.15, -0.1) is 0 Å². The Kier molecular flexibility index (Phi) is 4.69. The number of nitrogens with one attached hydrogen (secondary N) is 2. The Bertz CT molecular complexity index is 819. The zero-order chi connectivity index (χ0) is 19.1. The van der Waals surface area contributed by atoms with E-state index in [4.69, 9.17) is 12.2 Å². The van der Waals surface area contributed by atoms with Crippen LogP contribution in [0.5, 0.6) is 0 Å². The molecule has 0 fully saturated rings. The number of hydrogen-bond donors (Lipinski definition) is 2. The van der Waals surface area contributed by atoms with E-state index < -0.39 is 37.0 Å². The molecule has 0 saturated carbocycles. The number of benzene rings is 1. The van der Waals surface area contributed by atoms with Crippen LogP contribution in [0.25, 0.3) is 0 Å². The molecule has 138 valence electrons. The minimum absolute atomic E-state index is 0.0969. The highest BCUT2D eigenvalue weighted by atomic mass is 32.3. The van der Waals surface area contributed by atoms with Crippen LogP contribution in [0.15, 0.2) is 35.3 Å². The smallest absolute Gasteiger partial charge is 0.325 e. The lowest BCUT2D eigenvalue weighted by molar-refractivity contribution is -0.161. The summed E-state index contributed by atoms with van der Waals surface area (Å²) < 4.78 is 56.1. The molecule has 10 heteroatoms. The molecule has 2 N–H and O–H groups in total. The van der Waals surface area contributed by atoms with Crippen molar-refractivity contribution in [2.45, 2.75) is 31.3 Å². The van der Waals surface area contributed by atoms with Gasteiger partial charge in [-0.25, -0.2) is 9.71 Å². The highest BCUT2D eigenvalue weighted by molar-refractivity contribution is 8.41. The first-order valence-electron chi connectivity index (χ1n) is 7.25. The first kappa shape index (κ1) is 19.7. The molecule has 1 aromatic carbocycles. The maximum absolute atomic E-state index is 13.9. The van der Waals surface area contributed by atoms with Crippen molar-refractivity contribution in [1.82, 2.24) is 10.0 Å². The third-order valence-electron chi connectivity index (χ3n) is 3.91. The molecular weight excluding hydrogens is 375 g/mol. The summed E-state index contributed by atoms with van der Waals surface area (Å²) in [4.78, 5) is 16.5. The summed E-state index contributed by atoms with van der Waals surface area (Å²) in [6, 6.07) is 7.81. The van der Waals surface area contributed by atoms with E-state index in [2.05, 4.69) is 15.0 Å². The average Bonchev–Trinajstić information content (AvgIpc) is 2.81. The first-order valence-corrected chi connectivity index (χ1v) is 9.80. The molecule has 0 radical (unpaired) electrons. The van der Waals surface area contributed by atoms with E-state index in [1.165, 1.54) is 12.1 Å². The van der Waals surface area contributed by atoms with Crippen molar-refractivity contribution >= 4 is 36.7 Å². The molecular formula is C15H18F3N3O2S2. The van der Waals surface area contributed by atoms with Gasteiger partial charge in [-0.2, -0.15) is 13.2 Å². The fraction of sp³-hybridized carbons (Fsp3) is 0.400. The Morgan fingerprint density at radius 2 is 1.88 bits per heavy atom. The molecule has 0 spiro atoms. The SMILES string of the molecule is CNS(=O)(Cc1ccccc1)(C(=O)C(F)(F)F)C1=NC(C)(C)C(=S)N1. The van der Waals surface area contributed by atoms with Crippen LogP contribution in [0, 0.1) is 0 Å². The van der Waals surface area contributed by atoms with Crippen molar-refractivity contribution in [2.24, 2.45) is 4.99 Å². The van der Waals surface area contributed by atoms with Crippen LogP contribution in [-0.2, 0) is 19.8 Å². The van der Waals surface area contributed by atoms with Gasteiger partial charge in [0.25, 0.3) is 0 Å². The Balaban J connectivity index is 2.73. The molecule has 5 nitrogen and oxygen atoms in total. The second-order valence-corrected chi connectivity index (χ2v) is 10.2. The lowest BCUT2D eigenvalue weighted by Crippen LogP contribution is -2.65. The summed E-state index contributed by atoms with van der Waals surface area (Å²) in [6.45, 7) is 3.12. The number of rotatable bonds is 3. The van der Waals surface area contributed by atoms with E-state index in [1.807, 2.05) is 0 Å². The predicted molar refractivity (Wildman–Crippen MR) is 95.7 cm³/mol. The lowest BCUT2D eigenvalue weighted by Gasteiger charge is -2.40. The number of halogens is 3. The largest absolute Gasteiger partial charge is 0.463 e. The van der Waals surface area contributed by atoms with Gasteiger partial charge in [0.05, 0.1) is 15.0 Å². The fourth-order valence-corrected chi connectivity index (χ4v) is 5.64. The van der Waals surface area contributed by atoms with Crippen molar-refractivity contribution < 1.29 is 22.2 Å². The van der Waals surface area contributed by atoms with Crippen molar-refractivity contribution in [3.63, 3.8) is 0 Å². The highest BCUT2D eigenvalue weighted by Crippen LogP contribution is 2.39. The molecule has 1 aliphatic heterocycles. The molecule has 0 unspecified atom stereocenters. The van der Waals surface area contributed by atoms with Gasteiger partial charge in [-0.05, 0) is 26.5 Å². The van der Waals surface area contributed by atoms with E-state index >= 15 is 0 Å². The van der Waals surface area contributed by atoms with E-state index in [-0.39, 0.29) is 4.99 Å². The Hall–Kier alpha value is -1.65. The van der Waals surface area contributed by atoms with E-state index in [1.54, 1.807) is 32.0 Å². The standard InChI is InChI=1S/C15H18F3N3O2S2/c1-14(2)11(24)20-13(21-14)25(23,19-3,12(22)15(16,17)18)9-10-7-5-4-6-8-10/h4-8H,9H2,1-3H3,(H,19,23)(H,20,21,24). The van der Waals surface area contributed by atoms with Crippen LogP contribution in [0.3, 0.4) is 0 Å². The van der Waals surface area contributed by atoms with Gasteiger partial charge in [-0.3, -0.25) is 9.00 Å². The van der Waals surface area contributed by atoms with Gasteiger partial charge in [0.1, 0.15) is 10.5 Å². The van der Waals surface area contributed by atoms with Crippen LogP contribution in [0.2, 0.25) is 0 Å². The second kappa shape index (κ2) is 5.96. The third kappa shape index (κ3) is 3.25. The number of carbonyl (C=O) groups excluding carboxylic acids is 1. The normalized spacial score (nSPS) is 18.9. The van der Waals surface area contributed by atoms with Crippen LogP contribution < -0.4 is 10.0 Å². The monoisotopic (exact) mass is 393 g/mol.